The number of hydrogen-bond acceptors (Lipinski definition) is 6. The SMILES string of the molecule is Cc1nn(C)c(NCC(O)COc2ccc(C(F)(F)F)cc2)c1[N+](=O)[O-]. The number of benzene rings is 1. The molecule has 1 heterocycles. The largest absolute Gasteiger partial charge is 0.491 e. The number of aliphatic hydroxyl groups is 1. The van der Waals surface area contributed by atoms with Crippen LogP contribution >= 0.6 is 0 Å². The molecule has 0 aliphatic heterocycles. The number of aryl methyl sites for hydroxylation is 2. The van der Waals surface area contributed by atoms with Gasteiger partial charge >= 0.3 is 11.9 Å². The van der Waals surface area contributed by atoms with Crippen molar-refractivity contribution in [2.24, 2.45) is 7.05 Å². The zero-order chi connectivity index (χ0) is 19.5. The number of nitro groups is 1. The van der Waals surface area contributed by atoms with E-state index in [4.69, 9.17) is 4.74 Å². The van der Waals surface area contributed by atoms with Gasteiger partial charge in [-0.3, -0.25) is 10.1 Å². The summed E-state index contributed by atoms with van der Waals surface area (Å²) in [6, 6.07) is 4.06. The molecule has 0 spiro atoms. The van der Waals surface area contributed by atoms with Gasteiger partial charge in [0.15, 0.2) is 0 Å². The minimum Gasteiger partial charge on any atom is -0.491 e. The van der Waals surface area contributed by atoms with Gasteiger partial charge < -0.3 is 15.2 Å². The molecule has 0 amide bonds. The van der Waals surface area contributed by atoms with Crippen LogP contribution in [0, 0.1) is 17.0 Å². The number of rotatable bonds is 7. The first kappa shape index (κ1) is 19.5. The Bertz CT molecular complexity index is 774. The lowest BCUT2D eigenvalue weighted by atomic mass is 10.2. The van der Waals surface area contributed by atoms with Crippen LogP contribution in [0.3, 0.4) is 0 Å². The number of alkyl halides is 3. The van der Waals surface area contributed by atoms with Crippen molar-refractivity contribution in [2.45, 2.75) is 19.2 Å². The molecule has 2 aromatic rings. The Kier molecular flexibility index (Phi) is 5.70. The third-order valence-electron chi connectivity index (χ3n) is 3.50. The average molecular weight is 374 g/mol. The monoisotopic (exact) mass is 374 g/mol. The highest BCUT2D eigenvalue weighted by Gasteiger charge is 2.30. The first-order valence-electron chi connectivity index (χ1n) is 7.49. The summed E-state index contributed by atoms with van der Waals surface area (Å²) in [5.41, 5.74) is -0.759. The van der Waals surface area contributed by atoms with Gasteiger partial charge in [-0.25, -0.2) is 4.68 Å². The summed E-state index contributed by atoms with van der Waals surface area (Å²) in [4.78, 5) is 10.5. The molecule has 0 saturated carbocycles. The molecule has 11 heteroatoms. The van der Waals surface area contributed by atoms with E-state index in [1.54, 1.807) is 0 Å². The topological polar surface area (TPSA) is 102 Å². The second kappa shape index (κ2) is 7.60. The van der Waals surface area contributed by atoms with Gasteiger partial charge in [-0.05, 0) is 31.2 Å². The van der Waals surface area contributed by atoms with Crippen LogP contribution in [0.4, 0.5) is 24.7 Å². The molecule has 1 aromatic carbocycles. The van der Waals surface area contributed by atoms with Gasteiger partial charge in [0.1, 0.15) is 24.2 Å². The number of aliphatic hydroxyl groups excluding tert-OH is 1. The van der Waals surface area contributed by atoms with Gasteiger partial charge in [-0.15, -0.1) is 0 Å². The molecule has 142 valence electrons. The second-order valence-corrected chi connectivity index (χ2v) is 5.53. The van der Waals surface area contributed by atoms with Crippen LogP contribution in [0.15, 0.2) is 24.3 Å². The fourth-order valence-electron chi connectivity index (χ4n) is 2.27. The maximum Gasteiger partial charge on any atom is 0.416 e. The van der Waals surface area contributed by atoms with Crippen molar-refractivity contribution in [1.29, 1.82) is 0 Å². The number of nitrogens with one attached hydrogen (secondary N) is 1. The van der Waals surface area contributed by atoms with Crippen molar-refractivity contribution in [3.8, 4) is 5.75 Å². The summed E-state index contributed by atoms with van der Waals surface area (Å²) < 4.78 is 43.9. The van der Waals surface area contributed by atoms with E-state index < -0.39 is 22.8 Å². The molecule has 1 atom stereocenters. The molecule has 8 nitrogen and oxygen atoms in total. The summed E-state index contributed by atoms with van der Waals surface area (Å²) in [5, 5.41) is 27.6. The zero-order valence-corrected chi connectivity index (χ0v) is 13.9. The minimum atomic E-state index is -4.43. The Balaban J connectivity index is 1.90. The van der Waals surface area contributed by atoms with Crippen molar-refractivity contribution in [1.82, 2.24) is 9.78 Å². The van der Waals surface area contributed by atoms with Crippen LogP contribution < -0.4 is 10.1 Å². The van der Waals surface area contributed by atoms with Crippen LogP contribution in [0.5, 0.6) is 5.75 Å². The van der Waals surface area contributed by atoms with E-state index in [1.165, 1.54) is 18.7 Å². The zero-order valence-electron chi connectivity index (χ0n) is 13.9. The third-order valence-corrected chi connectivity index (χ3v) is 3.50. The molecular weight excluding hydrogens is 357 g/mol. The molecule has 0 bridgehead atoms. The minimum absolute atomic E-state index is 0.0690. The lowest BCUT2D eigenvalue weighted by Crippen LogP contribution is -2.27. The van der Waals surface area contributed by atoms with Gasteiger partial charge in [0.05, 0.1) is 10.5 Å². The molecule has 0 saturated heterocycles. The third kappa shape index (κ3) is 4.63. The molecule has 0 fully saturated rings. The second-order valence-electron chi connectivity index (χ2n) is 5.53. The summed E-state index contributed by atoms with van der Waals surface area (Å²) in [7, 11) is 1.52. The van der Waals surface area contributed by atoms with E-state index in [2.05, 4.69) is 10.4 Å². The number of anilines is 1. The number of ether oxygens (including phenoxy) is 1. The van der Waals surface area contributed by atoms with Crippen LogP contribution in [0.2, 0.25) is 0 Å². The Morgan fingerprint density at radius 3 is 2.54 bits per heavy atom. The molecule has 2 rings (SSSR count). The number of hydrogen-bond donors (Lipinski definition) is 2. The predicted molar refractivity (Wildman–Crippen MR) is 86.0 cm³/mol. The van der Waals surface area contributed by atoms with Crippen LogP contribution in [0.25, 0.3) is 0 Å². The van der Waals surface area contributed by atoms with Gasteiger partial charge in [-0.1, -0.05) is 0 Å². The molecule has 26 heavy (non-hydrogen) atoms. The normalized spacial score (nSPS) is 12.7. The Hall–Kier alpha value is -2.82. The van der Waals surface area contributed by atoms with Crippen LogP contribution in [-0.4, -0.2) is 39.1 Å². The van der Waals surface area contributed by atoms with E-state index in [-0.39, 0.29) is 36.1 Å². The van der Waals surface area contributed by atoms with Crippen molar-refractivity contribution < 1.29 is 27.9 Å². The first-order valence-corrected chi connectivity index (χ1v) is 7.49. The summed E-state index contributed by atoms with van der Waals surface area (Å²) in [5.74, 6) is 0.306. The molecule has 1 unspecified atom stereocenters. The first-order chi connectivity index (χ1) is 12.1. The molecule has 2 N–H and O–H groups in total. The highest BCUT2D eigenvalue weighted by atomic mass is 19.4. The van der Waals surface area contributed by atoms with E-state index in [9.17, 15) is 28.4 Å². The van der Waals surface area contributed by atoms with Crippen LogP contribution in [0.1, 0.15) is 11.3 Å². The highest BCUT2D eigenvalue weighted by molar-refractivity contribution is 5.59. The van der Waals surface area contributed by atoms with Gasteiger partial charge in [0.2, 0.25) is 5.82 Å². The highest BCUT2D eigenvalue weighted by Crippen LogP contribution is 2.30. The lowest BCUT2D eigenvalue weighted by Gasteiger charge is -2.14. The number of nitrogens with zero attached hydrogens (tertiary/aromatic N) is 3. The number of halogens is 3. The van der Waals surface area contributed by atoms with Crippen LogP contribution in [-0.2, 0) is 13.2 Å². The van der Waals surface area contributed by atoms with E-state index in [0.29, 0.717) is 0 Å². The standard InChI is InChI=1S/C15H17F3N4O4/c1-9-13(22(24)25)14(21(2)20-9)19-7-11(23)8-26-12-5-3-10(4-6-12)15(16,17)18/h3-6,11,19,23H,7-8H2,1-2H3. The van der Waals surface area contributed by atoms with Crippen molar-refractivity contribution >= 4 is 11.5 Å². The fraction of sp³-hybridized carbons (Fsp3) is 0.400. The van der Waals surface area contributed by atoms with Crippen molar-refractivity contribution in [3.63, 3.8) is 0 Å². The van der Waals surface area contributed by atoms with Crippen molar-refractivity contribution in [2.75, 3.05) is 18.5 Å². The Morgan fingerprint density at radius 1 is 1.38 bits per heavy atom. The summed E-state index contributed by atoms with van der Waals surface area (Å²) >= 11 is 0. The van der Waals surface area contributed by atoms with Gasteiger partial charge in [0.25, 0.3) is 0 Å². The maximum atomic E-state index is 12.5. The van der Waals surface area contributed by atoms with E-state index in [1.807, 2.05) is 0 Å². The molecule has 0 radical (unpaired) electrons. The summed E-state index contributed by atoms with van der Waals surface area (Å²) in [6.07, 6.45) is -5.48. The Labute approximate surface area is 146 Å². The quantitative estimate of drug-likeness (QED) is 0.570. The Morgan fingerprint density at radius 2 is 2.00 bits per heavy atom. The maximum absolute atomic E-state index is 12.5. The molecule has 0 aliphatic rings. The van der Waals surface area contributed by atoms with E-state index in [0.717, 1.165) is 24.3 Å². The molecule has 0 aliphatic carbocycles. The van der Waals surface area contributed by atoms with E-state index >= 15 is 0 Å². The summed E-state index contributed by atoms with van der Waals surface area (Å²) in [6.45, 7) is 1.22. The average Bonchev–Trinajstić information content (AvgIpc) is 2.84. The predicted octanol–water partition coefficient (Wildman–Crippen LogP) is 2.51. The number of aromatic nitrogens is 2. The lowest BCUT2D eigenvalue weighted by molar-refractivity contribution is -0.384. The van der Waals surface area contributed by atoms with Crippen molar-refractivity contribution in [3.05, 3.63) is 45.6 Å². The smallest absolute Gasteiger partial charge is 0.416 e. The van der Waals surface area contributed by atoms with Gasteiger partial charge in [-0.2, -0.15) is 18.3 Å². The molecule has 1 aromatic heterocycles. The van der Waals surface area contributed by atoms with Gasteiger partial charge in [0, 0.05) is 13.6 Å². The fourth-order valence-corrected chi connectivity index (χ4v) is 2.27. The molecular formula is C15H17F3N4O4.